The zero-order chi connectivity index (χ0) is 28.3. The van der Waals surface area contributed by atoms with Gasteiger partial charge in [-0.05, 0) is 90.0 Å². The van der Waals surface area contributed by atoms with Crippen molar-refractivity contribution in [1.29, 1.82) is 0 Å². The molecule has 0 fully saturated rings. The fraction of sp³-hybridized carbons (Fsp3) is 0. The standard InChI is InChI=1S/C42H26S/c1-2-13-34-27(8-1)20-23-37-36(34)22-21-28-18-19-32(26-40(28)37)30-10-5-9-29(24-30)31-11-6-12-33(25-31)35-15-7-16-39-38-14-3-4-17-41(38)43-42(35)39/h1-26H. The molecule has 0 nitrogen and oxygen atoms in total. The van der Waals surface area contributed by atoms with E-state index in [1.807, 2.05) is 11.3 Å². The first-order chi connectivity index (χ1) is 21.3. The monoisotopic (exact) mass is 562 g/mol. The first kappa shape index (κ1) is 24.4. The lowest BCUT2D eigenvalue weighted by molar-refractivity contribution is 1.59. The predicted octanol–water partition coefficient (Wildman–Crippen LogP) is 12.5. The molecule has 0 N–H and O–H groups in total. The average Bonchev–Trinajstić information content (AvgIpc) is 3.47. The summed E-state index contributed by atoms with van der Waals surface area (Å²) in [5.74, 6) is 0. The topological polar surface area (TPSA) is 0 Å². The quantitative estimate of drug-likeness (QED) is 0.188. The number of thiophene rings is 1. The molecule has 9 aromatic rings. The van der Waals surface area contributed by atoms with Crippen LogP contribution in [0, 0.1) is 0 Å². The summed E-state index contributed by atoms with van der Waals surface area (Å²) >= 11 is 1.89. The van der Waals surface area contributed by atoms with E-state index in [1.54, 1.807) is 0 Å². The maximum absolute atomic E-state index is 2.37. The molecule has 1 heterocycles. The van der Waals surface area contributed by atoms with E-state index in [1.165, 1.54) is 85.9 Å². The molecule has 0 saturated carbocycles. The smallest absolute Gasteiger partial charge is 0.0433 e. The van der Waals surface area contributed by atoms with Crippen LogP contribution in [0.2, 0.25) is 0 Å². The van der Waals surface area contributed by atoms with E-state index in [4.69, 9.17) is 0 Å². The van der Waals surface area contributed by atoms with Gasteiger partial charge in [0.2, 0.25) is 0 Å². The van der Waals surface area contributed by atoms with Crippen molar-refractivity contribution in [1.82, 2.24) is 0 Å². The molecule has 0 atom stereocenters. The molecule has 8 aromatic carbocycles. The maximum Gasteiger partial charge on any atom is 0.0433 e. The lowest BCUT2D eigenvalue weighted by Gasteiger charge is -2.11. The summed E-state index contributed by atoms with van der Waals surface area (Å²) in [5.41, 5.74) is 7.48. The molecule has 0 amide bonds. The Morgan fingerprint density at radius 2 is 0.860 bits per heavy atom. The molecule has 0 unspecified atom stereocenters. The first-order valence-electron chi connectivity index (χ1n) is 14.8. The second kappa shape index (κ2) is 9.66. The summed E-state index contributed by atoms with van der Waals surface area (Å²) < 4.78 is 2.69. The number of fused-ring (bicyclic) bond motifs is 8. The van der Waals surface area contributed by atoms with Gasteiger partial charge in [0.1, 0.15) is 0 Å². The highest BCUT2D eigenvalue weighted by molar-refractivity contribution is 7.26. The van der Waals surface area contributed by atoms with E-state index >= 15 is 0 Å². The van der Waals surface area contributed by atoms with E-state index in [9.17, 15) is 0 Å². The predicted molar refractivity (Wildman–Crippen MR) is 188 cm³/mol. The fourth-order valence-corrected chi connectivity index (χ4v) is 7.95. The Morgan fingerprint density at radius 3 is 1.67 bits per heavy atom. The van der Waals surface area contributed by atoms with Gasteiger partial charge in [0.05, 0.1) is 0 Å². The lowest BCUT2D eigenvalue weighted by atomic mass is 9.93. The van der Waals surface area contributed by atoms with E-state index < -0.39 is 0 Å². The first-order valence-corrected chi connectivity index (χ1v) is 15.6. The Bertz CT molecular complexity index is 2510. The van der Waals surface area contributed by atoms with E-state index in [-0.39, 0.29) is 0 Å². The van der Waals surface area contributed by atoms with Crippen molar-refractivity contribution < 1.29 is 0 Å². The number of hydrogen-bond acceptors (Lipinski definition) is 1. The summed E-state index contributed by atoms with van der Waals surface area (Å²) in [4.78, 5) is 0. The van der Waals surface area contributed by atoms with Gasteiger partial charge >= 0.3 is 0 Å². The second-order valence-electron chi connectivity index (χ2n) is 11.3. The SMILES string of the molecule is c1cc(-c2cccc(-c3cccc4c3sc3ccccc34)c2)cc(-c2ccc3ccc4c5ccccc5ccc4c3c2)c1. The van der Waals surface area contributed by atoms with Gasteiger partial charge in [0.15, 0.2) is 0 Å². The minimum atomic E-state index is 1.23. The van der Waals surface area contributed by atoms with Crippen LogP contribution in [0.5, 0.6) is 0 Å². The Balaban J connectivity index is 1.15. The summed E-state index contributed by atoms with van der Waals surface area (Å²) in [6, 6.07) is 58.0. The van der Waals surface area contributed by atoms with Gasteiger partial charge in [-0.2, -0.15) is 0 Å². The van der Waals surface area contributed by atoms with E-state index in [2.05, 4.69) is 158 Å². The molecule has 0 aliphatic rings. The highest BCUT2D eigenvalue weighted by Gasteiger charge is 2.12. The summed E-state index contributed by atoms with van der Waals surface area (Å²) in [5, 5.41) is 10.4. The zero-order valence-corrected chi connectivity index (χ0v) is 24.2. The van der Waals surface area contributed by atoms with Crippen molar-refractivity contribution in [3.8, 4) is 33.4 Å². The summed E-state index contributed by atoms with van der Waals surface area (Å²) in [6.45, 7) is 0. The number of benzene rings is 8. The average molecular weight is 563 g/mol. The van der Waals surface area contributed by atoms with Gasteiger partial charge in [-0.3, -0.25) is 0 Å². The molecule has 43 heavy (non-hydrogen) atoms. The Morgan fingerprint density at radius 1 is 0.302 bits per heavy atom. The van der Waals surface area contributed by atoms with Gasteiger partial charge < -0.3 is 0 Å². The molecule has 0 radical (unpaired) electrons. The van der Waals surface area contributed by atoms with Crippen LogP contribution in [-0.4, -0.2) is 0 Å². The Labute approximate surface area is 254 Å². The van der Waals surface area contributed by atoms with Crippen LogP contribution < -0.4 is 0 Å². The molecule has 0 saturated heterocycles. The molecule has 0 bridgehead atoms. The van der Waals surface area contributed by atoms with E-state index in [0.29, 0.717) is 0 Å². The van der Waals surface area contributed by atoms with Gasteiger partial charge in [0.25, 0.3) is 0 Å². The Kier molecular flexibility index (Phi) is 5.47. The minimum absolute atomic E-state index is 1.23. The molecule has 1 aromatic heterocycles. The molecule has 1 heteroatoms. The summed E-state index contributed by atoms with van der Waals surface area (Å²) in [7, 11) is 0. The number of rotatable bonds is 3. The van der Waals surface area contributed by atoms with Gasteiger partial charge in [-0.25, -0.2) is 0 Å². The highest BCUT2D eigenvalue weighted by atomic mass is 32.1. The number of hydrogen-bond donors (Lipinski definition) is 0. The molecule has 9 rings (SSSR count). The fourth-order valence-electron chi connectivity index (χ4n) is 6.72. The largest absolute Gasteiger partial charge is 0.135 e. The molecule has 0 aliphatic carbocycles. The lowest BCUT2D eigenvalue weighted by Crippen LogP contribution is -1.85. The molecule has 0 spiro atoms. The van der Waals surface area contributed by atoms with Gasteiger partial charge in [-0.1, -0.05) is 133 Å². The van der Waals surface area contributed by atoms with Crippen LogP contribution in [-0.2, 0) is 0 Å². The molecule has 0 aliphatic heterocycles. The van der Waals surface area contributed by atoms with Gasteiger partial charge in [0, 0.05) is 20.2 Å². The normalized spacial score (nSPS) is 11.7. The maximum atomic E-state index is 2.37. The minimum Gasteiger partial charge on any atom is -0.135 e. The zero-order valence-electron chi connectivity index (χ0n) is 23.4. The van der Waals surface area contributed by atoms with Crippen LogP contribution in [0.1, 0.15) is 0 Å². The van der Waals surface area contributed by atoms with Crippen LogP contribution >= 0.6 is 11.3 Å². The third-order valence-corrected chi connectivity index (χ3v) is 10.1. The van der Waals surface area contributed by atoms with Crippen molar-refractivity contribution in [2.24, 2.45) is 0 Å². The third kappa shape index (κ3) is 3.97. The van der Waals surface area contributed by atoms with Gasteiger partial charge in [-0.15, -0.1) is 11.3 Å². The van der Waals surface area contributed by atoms with Crippen molar-refractivity contribution in [3.05, 3.63) is 158 Å². The van der Waals surface area contributed by atoms with Crippen molar-refractivity contribution in [2.45, 2.75) is 0 Å². The highest BCUT2D eigenvalue weighted by Crippen LogP contribution is 2.41. The third-order valence-electron chi connectivity index (χ3n) is 8.85. The van der Waals surface area contributed by atoms with Crippen LogP contribution in [0.3, 0.4) is 0 Å². The van der Waals surface area contributed by atoms with Crippen LogP contribution in [0.15, 0.2) is 158 Å². The molecule has 200 valence electrons. The molecular weight excluding hydrogens is 537 g/mol. The van der Waals surface area contributed by atoms with Crippen LogP contribution in [0.4, 0.5) is 0 Å². The summed E-state index contributed by atoms with van der Waals surface area (Å²) in [6.07, 6.45) is 0. The van der Waals surface area contributed by atoms with Crippen molar-refractivity contribution in [2.75, 3.05) is 0 Å². The second-order valence-corrected chi connectivity index (χ2v) is 12.4. The van der Waals surface area contributed by atoms with Crippen molar-refractivity contribution >= 4 is 63.8 Å². The molecular formula is C42H26S. The van der Waals surface area contributed by atoms with E-state index in [0.717, 1.165) is 0 Å². The Hall–Kier alpha value is -5.24. The van der Waals surface area contributed by atoms with Crippen LogP contribution in [0.25, 0.3) is 85.9 Å². The van der Waals surface area contributed by atoms with Crippen molar-refractivity contribution in [3.63, 3.8) is 0 Å².